The summed E-state index contributed by atoms with van der Waals surface area (Å²) in [6.07, 6.45) is 0. The van der Waals surface area contributed by atoms with Crippen molar-refractivity contribution in [2.45, 2.75) is 20.8 Å². The Labute approximate surface area is 161 Å². The van der Waals surface area contributed by atoms with Gasteiger partial charge in [0.05, 0.1) is 0 Å². The first-order chi connectivity index (χ1) is 7.20. The molecule has 0 heterocycles. The molecule has 0 radical (unpaired) electrons. The van der Waals surface area contributed by atoms with Crippen molar-refractivity contribution in [1.29, 1.82) is 0 Å². The van der Waals surface area contributed by atoms with Crippen molar-refractivity contribution in [3.8, 4) is 0 Å². The second kappa shape index (κ2) is 9.57. The number of rotatable bonds is 0. The summed E-state index contributed by atoms with van der Waals surface area (Å²) >= 11 is 0. The summed E-state index contributed by atoms with van der Waals surface area (Å²) in [4.78, 5) is 0. The summed E-state index contributed by atoms with van der Waals surface area (Å²) in [5.74, 6) is 0. The van der Waals surface area contributed by atoms with Crippen molar-refractivity contribution < 1.29 is 71.9 Å². The fraction of sp³-hybridized carbons (Fsp3) is 0.200. The molecule has 0 aliphatic heterocycles. The zero-order valence-electron chi connectivity index (χ0n) is 10.0. The van der Waals surface area contributed by atoms with Crippen LogP contribution in [0.3, 0.4) is 0 Å². The van der Waals surface area contributed by atoms with Crippen LogP contribution in [0.15, 0.2) is 54.6 Å². The maximum absolute atomic E-state index is 2.12. The third-order valence-electron chi connectivity index (χ3n) is 2.37. The Morgan fingerprint density at radius 2 is 0.938 bits per heavy atom. The molecule has 0 fully saturated rings. The Kier molecular flexibility index (Phi) is 9.91. The Morgan fingerprint density at radius 1 is 0.562 bits per heavy atom. The second-order valence-electron chi connectivity index (χ2n) is 3.74. The minimum Gasteiger partial charge on any atom is -0.0622 e. The first-order valence-electron chi connectivity index (χ1n) is 5.24. The molecule has 0 N–H and O–H groups in total. The predicted octanol–water partition coefficient (Wildman–Crippen LogP) is 4.30. The summed E-state index contributed by atoms with van der Waals surface area (Å²) in [6, 6.07) is 18.6. The largest absolute Gasteiger partial charge is 0.0622 e. The third-order valence-corrected chi connectivity index (χ3v) is 2.37. The minimum absolute atomic E-state index is 0. The Hall–Kier alpha value is 0.557. The zero-order valence-corrected chi connectivity index (χ0v) is 12.8. The first-order valence-corrected chi connectivity index (χ1v) is 5.24. The Morgan fingerprint density at radius 3 is 1.19 bits per heavy atom. The number of hydrogen-bond donors (Lipinski definition) is 0. The maximum atomic E-state index is 2.12. The van der Waals surface area contributed by atoms with Gasteiger partial charge in [0, 0.05) is 71.9 Å². The van der Waals surface area contributed by atoms with E-state index in [1.807, 2.05) is 18.2 Å². The fourth-order valence-electron chi connectivity index (χ4n) is 1.20. The molecule has 2 aromatic rings. The van der Waals surface area contributed by atoms with E-state index in [0.29, 0.717) is 0 Å². The van der Waals surface area contributed by atoms with Gasteiger partial charge in [-0.25, -0.2) is 0 Å². The van der Waals surface area contributed by atoms with Gasteiger partial charge in [-0.1, -0.05) is 60.2 Å². The molecule has 0 saturated carbocycles. The van der Waals surface area contributed by atoms with E-state index in [0.717, 1.165) is 0 Å². The normalized spacial score (nSPS) is 8.44. The molecular formula is C15H18Rn. The van der Waals surface area contributed by atoms with Crippen molar-refractivity contribution >= 4 is 0 Å². The summed E-state index contributed by atoms with van der Waals surface area (Å²) in [5.41, 5.74) is 4.06. The summed E-state index contributed by atoms with van der Waals surface area (Å²) < 4.78 is 0. The van der Waals surface area contributed by atoms with E-state index in [9.17, 15) is 0 Å². The molecule has 0 aliphatic carbocycles. The van der Waals surface area contributed by atoms with Gasteiger partial charge in [-0.3, -0.25) is 0 Å². The van der Waals surface area contributed by atoms with Gasteiger partial charge in [0.2, 0.25) is 0 Å². The molecule has 0 saturated heterocycles. The molecule has 0 aliphatic rings. The van der Waals surface area contributed by atoms with Crippen LogP contribution >= 0.6 is 0 Å². The second-order valence-corrected chi connectivity index (χ2v) is 3.74. The molecule has 0 bridgehead atoms. The van der Waals surface area contributed by atoms with E-state index in [1.165, 1.54) is 16.7 Å². The number of hydrogen-bond acceptors (Lipinski definition) is 0. The summed E-state index contributed by atoms with van der Waals surface area (Å²) in [7, 11) is 0. The van der Waals surface area contributed by atoms with Crippen LogP contribution in [-0.2, 0) is 0 Å². The maximum Gasteiger partial charge on any atom is 0 e. The van der Waals surface area contributed by atoms with Crippen molar-refractivity contribution in [3.63, 3.8) is 0 Å². The van der Waals surface area contributed by atoms with E-state index in [1.54, 1.807) is 0 Å². The van der Waals surface area contributed by atoms with Crippen molar-refractivity contribution in [2.24, 2.45) is 0 Å². The van der Waals surface area contributed by atoms with Crippen LogP contribution in [0.2, 0.25) is 0 Å². The molecule has 0 amide bonds. The van der Waals surface area contributed by atoms with Gasteiger partial charge in [0.15, 0.2) is 0 Å². The van der Waals surface area contributed by atoms with Gasteiger partial charge in [-0.15, -0.1) is 0 Å². The van der Waals surface area contributed by atoms with Crippen LogP contribution in [0.4, 0.5) is 0 Å². The van der Waals surface area contributed by atoms with Gasteiger partial charge >= 0.3 is 0 Å². The standard InChI is InChI=1S/C8H10.C7H8.Rn/c1-7-5-3-4-6-8(7)2;1-7-5-3-2-4-6-7;/h3-6H,1-2H3;2-6H,1H3;. The van der Waals surface area contributed by atoms with E-state index in [-0.39, 0.29) is 71.9 Å². The van der Waals surface area contributed by atoms with Gasteiger partial charge < -0.3 is 0 Å². The summed E-state index contributed by atoms with van der Waals surface area (Å²) in [6.45, 7) is 6.32. The number of aryl methyl sites for hydroxylation is 3. The van der Waals surface area contributed by atoms with E-state index >= 15 is 0 Å². The molecule has 0 atom stereocenters. The van der Waals surface area contributed by atoms with Crippen LogP contribution < -0.4 is 0 Å². The Balaban J connectivity index is 0.000000267. The predicted molar refractivity (Wildman–Crippen MR) is 67.1 cm³/mol. The van der Waals surface area contributed by atoms with Crippen LogP contribution in [0, 0.1) is 92.6 Å². The van der Waals surface area contributed by atoms with Crippen molar-refractivity contribution in [1.82, 2.24) is 0 Å². The third kappa shape index (κ3) is 7.00. The average molecular weight is 420 g/mol. The van der Waals surface area contributed by atoms with Crippen LogP contribution in [0.25, 0.3) is 0 Å². The Bertz CT molecular complexity index is 372. The zero-order chi connectivity index (χ0) is 11.1. The van der Waals surface area contributed by atoms with Crippen molar-refractivity contribution in [3.05, 3.63) is 71.3 Å². The minimum atomic E-state index is 0. The molecule has 86 valence electrons. The smallest absolute Gasteiger partial charge is 0 e. The average Bonchev–Trinajstić information content (AvgIpc) is 2.25. The van der Waals surface area contributed by atoms with Crippen molar-refractivity contribution in [2.75, 3.05) is 0 Å². The summed E-state index contributed by atoms with van der Waals surface area (Å²) in [5, 5.41) is 0. The molecule has 1 heteroatoms. The molecule has 0 unspecified atom stereocenters. The monoisotopic (exact) mass is 420 g/mol. The van der Waals surface area contributed by atoms with Gasteiger partial charge in [0.1, 0.15) is 0 Å². The molecule has 2 rings (SSSR count). The molecule has 0 aromatic heterocycles. The van der Waals surface area contributed by atoms with Gasteiger partial charge in [-0.2, -0.15) is 0 Å². The van der Waals surface area contributed by atoms with E-state index < -0.39 is 0 Å². The quantitative estimate of drug-likeness (QED) is 0.597. The molecule has 0 nitrogen and oxygen atoms in total. The topological polar surface area (TPSA) is 0 Å². The van der Waals surface area contributed by atoms with E-state index in [4.69, 9.17) is 0 Å². The molecule has 2 aromatic carbocycles. The fourth-order valence-corrected chi connectivity index (χ4v) is 1.20. The molecule has 16 heavy (non-hydrogen) atoms. The number of benzene rings is 2. The SMILES string of the molecule is Cc1ccccc1.Cc1ccccc1C.[Rn]. The first kappa shape index (κ1) is 16.6. The van der Waals surface area contributed by atoms with Crippen LogP contribution in [-0.4, -0.2) is 0 Å². The van der Waals surface area contributed by atoms with Crippen LogP contribution in [0.5, 0.6) is 0 Å². The molecule has 0 spiro atoms. The van der Waals surface area contributed by atoms with Gasteiger partial charge in [0.25, 0.3) is 0 Å². The van der Waals surface area contributed by atoms with E-state index in [2.05, 4.69) is 57.2 Å². The van der Waals surface area contributed by atoms with Crippen LogP contribution in [0.1, 0.15) is 16.7 Å². The molecular weight excluding hydrogens is 402 g/mol. The van der Waals surface area contributed by atoms with Gasteiger partial charge in [-0.05, 0) is 31.9 Å².